The van der Waals surface area contributed by atoms with Crippen LogP contribution in [0, 0.1) is 0 Å². The van der Waals surface area contributed by atoms with Gasteiger partial charge in [0.2, 0.25) is 0 Å². The minimum absolute atomic E-state index is 0. The van der Waals surface area contributed by atoms with Gasteiger partial charge in [0.1, 0.15) is 0 Å². The summed E-state index contributed by atoms with van der Waals surface area (Å²) in [6, 6.07) is 0. The molecule has 0 aliphatic carbocycles. The van der Waals surface area contributed by atoms with Crippen molar-refractivity contribution < 1.29 is 51.7 Å². The Kier molecular flexibility index (Phi) is 31.3. The van der Waals surface area contributed by atoms with Gasteiger partial charge in [-0.15, -0.1) is 33.6 Å². The predicted octanol–water partition coefficient (Wildman–Crippen LogP) is 0.869. The molecule has 0 fully saturated rings. The van der Waals surface area contributed by atoms with Gasteiger partial charge < -0.3 is 30.6 Å². The molecule has 7 heteroatoms. The number of rotatable bonds is 0. The second-order valence-corrected chi connectivity index (χ2v) is 12.7. The van der Waals surface area contributed by atoms with Gasteiger partial charge in [-0.2, -0.15) is 0 Å². The minimum Gasteiger partial charge on any atom is -0.850 e. The molecule has 0 aliphatic rings. The smallest absolute Gasteiger partial charge is 0 e. The molecular formula is C24H54O6W-6. The van der Waals surface area contributed by atoms with Gasteiger partial charge in [-0.1, -0.05) is 125 Å². The van der Waals surface area contributed by atoms with Gasteiger partial charge >= 0.3 is 0 Å². The van der Waals surface area contributed by atoms with Crippen molar-refractivity contribution >= 4 is 0 Å². The third-order valence-corrected chi connectivity index (χ3v) is 0. The molecule has 0 radical (unpaired) electrons. The molecule has 0 atom stereocenters. The molecule has 0 aromatic heterocycles. The summed E-state index contributed by atoms with van der Waals surface area (Å²) in [6.45, 7) is 29.4. The summed E-state index contributed by atoms with van der Waals surface area (Å²) < 4.78 is 0. The van der Waals surface area contributed by atoms with E-state index in [2.05, 4.69) is 0 Å². The molecule has 0 spiro atoms. The first-order chi connectivity index (χ1) is 12.0. The Morgan fingerprint density at radius 2 is 0.226 bits per heavy atom. The topological polar surface area (TPSA) is 138 Å². The zero-order valence-corrected chi connectivity index (χ0v) is 26.8. The summed E-state index contributed by atoms with van der Waals surface area (Å²) in [4.78, 5) is 0. The quantitative estimate of drug-likeness (QED) is 0.393. The van der Waals surface area contributed by atoms with Gasteiger partial charge in [0.15, 0.2) is 0 Å². The van der Waals surface area contributed by atoms with Crippen LogP contribution in [-0.4, -0.2) is 33.6 Å². The van der Waals surface area contributed by atoms with Crippen molar-refractivity contribution in [2.45, 2.75) is 158 Å². The zero-order chi connectivity index (χ0) is 27.0. The van der Waals surface area contributed by atoms with E-state index in [0.29, 0.717) is 0 Å². The van der Waals surface area contributed by atoms with E-state index in [1.54, 1.807) is 125 Å². The second-order valence-electron chi connectivity index (χ2n) is 12.7. The molecular weight excluding hydrogens is 568 g/mol. The maximum Gasteiger partial charge on any atom is 0 e. The van der Waals surface area contributed by atoms with Gasteiger partial charge in [0, 0.05) is 21.1 Å². The first kappa shape index (κ1) is 48.8. The van der Waals surface area contributed by atoms with Crippen LogP contribution in [0.2, 0.25) is 0 Å². The molecule has 31 heavy (non-hydrogen) atoms. The predicted molar refractivity (Wildman–Crippen MR) is 119 cm³/mol. The van der Waals surface area contributed by atoms with Gasteiger partial charge in [0.25, 0.3) is 0 Å². The maximum absolute atomic E-state index is 10.1. The Morgan fingerprint density at radius 1 is 0.226 bits per heavy atom. The molecule has 0 unspecified atom stereocenters. The van der Waals surface area contributed by atoms with Crippen LogP contribution in [0.1, 0.15) is 125 Å². The van der Waals surface area contributed by atoms with Crippen LogP contribution in [-0.2, 0) is 21.1 Å². The fraction of sp³-hybridized carbons (Fsp3) is 1.00. The molecule has 0 amide bonds. The molecule has 0 bridgehead atoms. The van der Waals surface area contributed by atoms with Crippen molar-refractivity contribution in [3.8, 4) is 0 Å². The summed E-state index contributed by atoms with van der Waals surface area (Å²) in [5.41, 5.74) is -4.50. The number of hydrogen-bond acceptors (Lipinski definition) is 6. The normalized spacial score (nSPS) is 11.6. The van der Waals surface area contributed by atoms with E-state index < -0.39 is 33.6 Å². The van der Waals surface area contributed by atoms with E-state index in [4.69, 9.17) is 0 Å². The molecule has 0 aliphatic heterocycles. The molecule has 0 rings (SSSR count). The largest absolute Gasteiger partial charge is 0.850 e. The van der Waals surface area contributed by atoms with Crippen LogP contribution < -0.4 is 30.6 Å². The molecule has 198 valence electrons. The molecule has 0 N–H and O–H groups in total. The third-order valence-electron chi connectivity index (χ3n) is 0. The average Bonchev–Trinajstić information content (AvgIpc) is 1.94. The Hall–Kier alpha value is 0.448. The Morgan fingerprint density at radius 3 is 0.226 bits per heavy atom. The second kappa shape index (κ2) is 19.9. The SMILES string of the molecule is CC(C)(C)[O-].CC(C)(C)[O-].CC(C)(C)[O-].CC(C)(C)[O-].CC(C)(C)[O-].CC(C)(C)[O-].[W]. The van der Waals surface area contributed by atoms with E-state index in [9.17, 15) is 30.6 Å². The van der Waals surface area contributed by atoms with E-state index in [-0.39, 0.29) is 21.1 Å². The summed E-state index contributed by atoms with van der Waals surface area (Å²) in [7, 11) is 0. The van der Waals surface area contributed by atoms with Crippen molar-refractivity contribution in [1.29, 1.82) is 0 Å². The Labute approximate surface area is 209 Å². The third kappa shape index (κ3) is 123000. The average molecular weight is 623 g/mol. The van der Waals surface area contributed by atoms with Crippen LogP contribution >= 0.6 is 0 Å². The van der Waals surface area contributed by atoms with Crippen LogP contribution in [0.4, 0.5) is 0 Å². The molecule has 0 aromatic rings. The van der Waals surface area contributed by atoms with E-state index in [1.807, 2.05) is 0 Å². The van der Waals surface area contributed by atoms with Crippen LogP contribution in [0.15, 0.2) is 0 Å². The monoisotopic (exact) mass is 622 g/mol. The molecule has 0 heterocycles. The molecule has 0 saturated heterocycles. The van der Waals surface area contributed by atoms with Crippen molar-refractivity contribution in [3.05, 3.63) is 0 Å². The van der Waals surface area contributed by atoms with Crippen LogP contribution in [0.3, 0.4) is 0 Å². The molecule has 0 saturated carbocycles. The van der Waals surface area contributed by atoms with Crippen molar-refractivity contribution in [3.63, 3.8) is 0 Å². The fourth-order valence-electron chi connectivity index (χ4n) is 0. The van der Waals surface area contributed by atoms with Crippen LogP contribution in [0.5, 0.6) is 0 Å². The zero-order valence-electron chi connectivity index (χ0n) is 23.9. The number of hydrogen-bond donors (Lipinski definition) is 0. The standard InChI is InChI=1S/6C4H9O.W/c6*1-4(2,3)5;/h6*1-3H3;/q6*-1;. The van der Waals surface area contributed by atoms with Gasteiger partial charge in [0.05, 0.1) is 0 Å². The summed E-state index contributed by atoms with van der Waals surface area (Å²) in [6.07, 6.45) is 0. The molecule has 0 aromatic carbocycles. The van der Waals surface area contributed by atoms with Crippen molar-refractivity contribution in [1.82, 2.24) is 0 Å². The van der Waals surface area contributed by atoms with Crippen molar-refractivity contribution in [2.24, 2.45) is 0 Å². The van der Waals surface area contributed by atoms with Crippen molar-refractivity contribution in [2.75, 3.05) is 0 Å². The summed E-state index contributed by atoms with van der Waals surface area (Å²) in [5.74, 6) is 0. The van der Waals surface area contributed by atoms with E-state index in [1.165, 1.54) is 0 Å². The maximum atomic E-state index is 10.1. The van der Waals surface area contributed by atoms with Gasteiger partial charge in [-0.3, -0.25) is 0 Å². The summed E-state index contributed by atoms with van der Waals surface area (Å²) >= 11 is 0. The first-order valence-electron chi connectivity index (χ1n) is 10.2. The molecule has 6 nitrogen and oxygen atoms in total. The first-order valence-corrected chi connectivity index (χ1v) is 10.2. The van der Waals surface area contributed by atoms with Gasteiger partial charge in [-0.05, 0) is 0 Å². The Balaban J connectivity index is -0.0000000443. The Bertz CT molecular complexity index is 214. The van der Waals surface area contributed by atoms with E-state index in [0.717, 1.165) is 0 Å². The van der Waals surface area contributed by atoms with E-state index >= 15 is 0 Å². The minimum atomic E-state index is -0.750. The van der Waals surface area contributed by atoms with Gasteiger partial charge in [-0.25, -0.2) is 0 Å². The fourth-order valence-corrected chi connectivity index (χ4v) is 0. The summed E-state index contributed by atoms with van der Waals surface area (Å²) in [5, 5.41) is 60.6. The van der Waals surface area contributed by atoms with Crippen LogP contribution in [0.25, 0.3) is 0 Å².